The summed E-state index contributed by atoms with van der Waals surface area (Å²) in [7, 11) is 0. The van der Waals surface area contributed by atoms with Gasteiger partial charge < -0.3 is 14.8 Å². The molecule has 0 unspecified atom stereocenters. The van der Waals surface area contributed by atoms with Gasteiger partial charge in [-0.3, -0.25) is 4.79 Å². The summed E-state index contributed by atoms with van der Waals surface area (Å²) in [6.45, 7) is 1.04. The SMILES string of the molecule is O=C(C[C@H]1COc2ccccc2O1)NCCc1ccccc1. The summed E-state index contributed by atoms with van der Waals surface area (Å²) in [6, 6.07) is 17.6. The predicted molar refractivity (Wildman–Crippen MR) is 84.1 cm³/mol. The zero-order chi connectivity index (χ0) is 15.2. The summed E-state index contributed by atoms with van der Waals surface area (Å²) in [6.07, 6.45) is 0.909. The summed E-state index contributed by atoms with van der Waals surface area (Å²) in [5, 5.41) is 2.93. The van der Waals surface area contributed by atoms with Crippen molar-refractivity contribution in [1.29, 1.82) is 0 Å². The number of ether oxygens (including phenoxy) is 2. The molecule has 1 aliphatic rings. The van der Waals surface area contributed by atoms with Crippen molar-refractivity contribution in [3.8, 4) is 11.5 Å². The first-order valence-corrected chi connectivity index (χ1v) is 7.50. The molecule has 3 rings (SSSR count). The van der Waals surface area contributed by atoms with Gasteiger partial charge in [0.15, 0.2) is 11.5 Å². The van der Waals surface area contributed by atoms with Gasteiger partial charge in [0.25, 0.3) is 0 Å². The van der Waals surface area contributed by atoms with Gasteiger partial charge in [0.05, 0.1) is 6.42 Å². The van der Waals surface area contributed by atoms with E-state index in [9.17, 15) is 4.79 Å². The third-order valence-electron chi connectivity index (χ3n) is 3.56. The topological polar surface area (TPSA) is 47.6 Å². The number of hydrogen-bond acceptors (Lipinski definition) is 3. The van der Waals surface area contributed by atoms with Crippen LogP contribution in [0.4, 0.5) is 0 Å². The van der Waals surface area contributed by atoms with Crippen molar-refractivity contribution in [1.82, 2.24) is 5.32 Å². The van der Waals surface area contributed by atoms with Crippen LogP contribution in [0.25, 0.3) is 0 Å². The van der Waals surface area contributed by atoms with Crippen LogP contribution in [0.5, 0.6) is 11.5 Å². The van der Waals surface area contributed by atoms with E-state index >= 15 is 0 Å². The highest BCUT2D eigenvalue weighted by Crippen LogP contribution is 2.31. The summed E-state index contributed by atoms with van der Waals surface area (Å²) < 4.78 is 11.4. The van der Waals surface area contributed by atoms with Crippen molar-refractivity contribution in [2.45, 2.75) is 18.9 Å². The maximum Gasteiger partial charge on any atom is 0.223 e. The Morgan fingerprint density at radius 1 is 1.05 bits per heavy atom. The Morgan fingerprint density at radius 2 is 1.77 bits per heavy atom. The standard InChI is InChI=1S/C18H19NO3/c20-18(19-11-10-14-6-2-1-3-7-14)12-15-13-21-16-8-4-5-9-17(16)22-15/h1-9,15H,10-13H2,(H,19,20)/t15-/m0/s1. The number of nitrogens with one attached hydrogen (secondary N) is 1. The third kappa shape index (κ3) is 3.79. The molecule has 0 saturated heterocycles. The fourth-order valence-electron chi connectivity index (χ4n) is 2.43. The molecule has 0 saturated carbocycles. The zero-order valence-electron chi connectivity index (χ0n) is 12.3. The molecule has 0 radical (unpaired) electrons. The van der Waals surface area contributed by atoms with E-state index in [0.717, 1.165) is 12.2 Å². The number of amides is 1. The van der Waals surface area contributed by atoms with Crippen LogP contribution in [0.15, 0.2) is 54.6 Å². The molecular weight excluding hydrogens is 278 g/mol. The average molecular weight is 297 g/mol. The van der Waals surface area contributed by atoms with E-state index in [1.165, 1.54) is 5.56 Å². The lowest BCUT2D eigenvalue weighted by Crippen LogP contribution is -2.36. The predicted octanol–water partition coefficient (Wildman–Crippen LogP) is 2.58. The van der Waals surface area contributed by atoms with E-state index in [0.29, 0.717) is 25.3 Å². The summed E-state index contributed by atoms with van der Waals surface area (Å²) in [5.41, 5.74) is 1.22. The van der Waals surface area contributed by atoms with E-state index in [1.54, 1.807) is 0 Å². The molecule has 2 aromatic carbocycles. The molecule has 1 atom stereocenters. The number of fused-ring (bicyclic) bond motifs is 1. The van der Waals surface area contributed by atoms with Crippen LogP contribution in [0.1, 0.15) is 12.0 Å². The Kier molecular flexibility index (Phi) is 4.59. The summed E-state index contributed by atoms with van der Waals surface area (Å²) >= 11 is 0. The van der Waals surface area contributed by atoms with E-state index in [2.05, 4.69) is 17.4 Å². The molecule has 0 spiro atoms. The Labute approximate surface area is 130 Å². The largest absolute Gasteiger partial charge is 0.486 e. The first-order valence-electron chi connectivity index (χ1n) is 7.50. The van der Waals surface area contributed by atoms with Crippen LogP contribution in [-0.2, 0) is 11.2 Å². The van der Waals surface area contributed by atoms with E-state index < -0.39 is 0 Å². The normalized spacial score (nSPS) is 16.1. The fraction of sp³-hybridized carbons (Fsp3) is 0.278. The van der Waals surface area contributed by atoms with E-state index in [1.807, 2.05) is 42.5 Å². The van der Waals surface area contributed by atoms with Crippen molar-refractivity contribution in [3.05, 3.63) is 60.2 Å². The smallest absolute Gasteiger partial charge is 0.223 e. The summed E-state index contributed by atoms with van der Waals surface area (Å²) in [5.74, 6) is 1.43. The van der Waals surface area contributed by atoms with Gasteiger partial charge in [-0.25, -0.2) is 0 Å². The number of para-hydroxylation sites is 2. The van der Waals surface area contributed by atoms with Crippen molar-refractivity contribution in [3.63, 3.8) is 0 Å². The molecule has 4 nitrogen and oxygen atoms in total. The van der Waals surface area contributed by atoms with Crippen LogP contribution >= 0.6 is 0 Å². The minimum atomic E-state index is -0.230. The van der Waals surface area contributed by atoms with Gasteiger partial charge in [-0.1, -0.05) is 42.5 Å². The maximum atomic E-state index is 12.0. The molecule has 114 valence electrons. The molecule has 2 aromatic rings. The van der Waals surface area contributed by atoms with Gasteiger partial charge in [-0.2, -0.15) is 0 Å². The first kappa shape index (κ1) is 14.4. The van der Waals surface area contributed by atoms with Crippen molar-refractivity contribution < 1.29 is 14.3 Å². The van der Waals surface area contributed by atoms with E-state index in [4.69, 9.17) is 9.47 Å². The van der Waals surface area contributed by atoms with Gasteiger partial charge in [0.2, 0.25) is 5.91 Å². The molecule has 0 aromatic heterocycles. The Bertz CT molecular complexity index is 627. The second-order valence-corrected chi connectivity index (χ2v) is 5.29. The Morgan fingerprint density at radius 3 is 2.59 bits per heavy atom. The van der Waals surface area contributed by atoms with Crippen molar-refractivity contribution >= 4 is 5.91 Å². The third-order valence-corrected chi connectivity index (χ3v) is 3.56. The highest BCUT2D eigenvalue weighted by molar-refractivity contribution is 5.76. The minimum Gasteiger partial charge on any atom is -0.486 e. The summed E-state index contributed by atoms with van der Waals surface area (Å²) in [4.78, 5) is 12.0. The van der Waals surface area contributed by atoms with Gasteiger partial charge in [-0.15, -0.1) is 0 Å². The number of carbonyl (C=O) groups is 1. The quantitative estimate of drug-likeness (QED) is 0.922. The monoisotopic (exact) mass is 297 g/mol. The van der Waals surface area contributed by atoms with Crippen LogP contribution in [-0.4, -0.2) is 25.2 Å². The maximum absolute atomic E-state index is 12.0. The number of benzene rings is 2. The second kappa shape index (κ2) is 6.98. The molecule has 4 heteroatoms. The van der Waals surface area contributed by atoms with Crippen molar-refractivity contribution in [2.75, 3.05) is 13.2 Å². The highest BCUT2D eigenvalue weighted by atomic mass is 16.6. The molecule has 1 heterocycles. The number of rotatable bonds is 5. The highest BCUT2D eigenvalue weighted by Gasteiger charge is 2.22. The lowest BCUT2D eigenvalue weighted by Gasteiger charge is -2.26. The molecule has 1 amide bonds. The molecular formula is C18H19NO3. The van der Waals surface area contributed by atoms with E-state index in [-0.39, 0.29) is 12.0 Å². The van der Waals surface area contributed by atoms with Gasteiger partial charge in [0.1, 0.15) is 12.7 Å². The van der Waals surface area contributed by atoms with Crippen LogP contribution in [0.3, 0.4) is 0 Å². The molecule has 1 N–H and O–H groups in total. The van der Waals surface area contributed by atoms with Crippen LogP contribution in [0.2, 0.25) is 0 Å². The van der Waals surface area contributed by atoms with Gasteiger partial charge in [-0.05, 0) is 24.1 Å². The molecule has 0 aliphatic carbocycles. The fourth-order valence-corrected chi connectivity index (χ4v) is 2.43. The molecule has 22 heavy (non-hydrogen) atoms. The number of carbonyl (C=O) groups excluding carboxylic acids is 1. The molecule has 0 bridgehead atoms. The Hall–Kier alpha value is -2.49. The second-order valence-electron chi connectivity index (χ2n) is 5.29. The minimum absolute atomic E-state index is 0.0103. The van der Waals surface area contributed by atoms with Gasteiger partial charge in [0, 0.05) is 6.54 Å². The van der Waals surface area contributed by atoms with Gasteiger partial charge >= 0.3 is 0 Å². The lowest BCUT2D eigenvalue weighted by atomic mass is 10.1. The zero-order valence-corrected chi connectivity index (χ0v) is 12.3. The number of hydrogen-bond donors (Lipinski definition) is 1. The molecule has 0 fully saturated rings. The van der Waals surface area contributed by atoms with Crippen LogP contribution in [0, 0.1) is 0 Å². The lowest BCUT2D eigenvalue weighted by molar-refractivity contribution is -0.123. The first-order chi connectivity index (χ1) is 10.8. The average Bonchev–Trinajstić information content (AvgIpc) is 2.56. The molecule has 1 aliphatic heterocycles. The van der Waals surface area contributed by atoms with Crippen molar-refractivity contribution in [2.24, 2.45) is 0 Å². The Balaban J connectivity index is 1.43. The van der Waals surface area contributed by atoms with Crippen LogP contribution < -0.4 is 14.8 Å².